The Morgan fingerprint density at radius 2 is 1.78 bits per heavy atom. The van der Waals surface area contributed by atoms with Crippen molar-refractivity contribution in [2.75, 3.05) is 26.2 Å². The van der Waals surface area contributed by atoms with Crippen molar-refractivity contribution in [2.45, 2.75) is 70.9 Å². The third-order valence-electron chi connectivity index (χ3n) is 9.71. The fourth-order valence-electron chi connectivity index (χ4n) is 8.52. The molecule has 1 amide bonds. The van der Waals surface area contributed by atoms with Crippen molar-refractivity contribution in [1.29, 1.82) is 0 Å². The summed E-state index contributed by atoms with van der Waals surface area (Å²) >= 11 is 6.35. The number of aryl methyl sites for hydroxylation is 1. The molecule has 5 fully saturated rings. The number of hydrogen-bond acceptors (Lipinski definition) is 5. The van der Waals surface area contributed by atoms with Gasteiger partial charge < -0.3 is 15.0 Å². The number of nitrogens with zero attached hydrogens (tertiary/aromatic N) is 5. The zero-order valence-corrected chi connectivity index (χ0v) is 22.5. The average Bonchev–Trinajstić information content (AvgIpc) is 3.15. The molecule has 1 aromatic heterocycles. The van der Waals surface area contributed by atoms with E-state index >= 15 is 0 Å². The Morgan fingerprint density at radius 3 is 2.41 bits per heavy atom. The highest BCUT2D eigenvalue weighted by molar-refractivity contribution is 6.33. The van der Waals surface area contributed by atoms with Crippen molar-refractivity contribution in [3.8, 4) is 0 Å². The quantitative estimate of drug-likeness (QED) is 0.387. The summed E-state index contributed by atoms with van der Waals surface area (Å²) in [5.41, 5.74) is 3.05. The van der Waals surface area contributed by atoms with Gasteiger partial charge in [-0.1, -0.05) is 35.9 Å². The van der Waals surface area contributed by atoms with Gasteiger partial charge in [-0.2, -0.15) is 4.68 Å². The number of halogens is 1. The maximum Gasteiger partial charge on any atom is 0.408 e. The van der Waals surface area contributed by atoms with Gasteiger partial charge in [0.1, 0.15) is 0 Å². The minimum atomic E-state index is -0.482. The smallest absolute Gasteiger partial charge is 0.358 e. The Bertz CT molecular complexity index is 1220. The van der Waals surface area contributed by atoms with Crippen LogP contribution in [0.15, 0.2) is 24.3 Å². The van der Waals surface area contributed by atoms with Crippen LogP contribution in [-0.4, -0.2) is 56.6 Å². The molecular formula is C28H36ClN5O3. The molecule has 1 aliphatic heterocycles. The van der Waals surface area contributed by atoms with Crippen LogP contribution < -0.4 is 0 Å². The normalized spacial score (nSPS) is 31.2. The van der Waals surface area contributed by atoms with Crippen LogP contribution in [0.2, 0.25) is 5.02 Å². The SMILES string of the molecule is Cc1ccccc1CN1CCN(C(=O)CC23CC4CC(C2)CC(n2nc([N+](=O)[O-])c(Cl)c2C)(C4)C3)CC1. The lowest BCUT2D eigenvalue weighted by atomic mass is 9.46. The lowest BCUT2D eigenvalue weighted by Crippen LogP contribution is -2.58. The Hall–Kier alpha value is -2.45. The summed E-state index contributed by atoms with van der Waals surface area (Å²) in [6, 6.07) is 8.52. The van der Waals surface area contributed by atoms with Gasteiger partial charge in [-0.15, -0.1) is 0 Å². The van der Waals surface area contributed by atoms with Gasteiger partial charge in [-0.05, 0) is 85.7 Å². The van der Waals surface area contributed by atoms with Crippen molar-refractivity contribution in [3.63, 3.8) is 0 Å². The zero-order valence-electron chi connectivity index (χ0n) is 21.8. The molecular weight excluding hydrogens is 490 g/mol. The molecule has 5 aliphatic rings. The number of amides is 1. The monoisotopic (exact) mass is 525 g/mol. The van der Waals surface area contributed by atoms with Crippen molar-refractivity contribution in [1.82, 2.24) is 19.6 Å². The molecule has 37 heavy (non-hydrogen) atoms. The molecule has 0 N–H and O–H groups in total. The first-order chi connectivity index (χ1) is 17.7. The van der Waals surface area contributed by atoms with E-state index in [2.05, 4.69) is 46.1 Å². The van der Waals surface area contributed by atoms with Crippen LogP contribution in [0, 0.1) is 41.2 Å². The number of benzene rings is 1. The van der Waals surface area contributed by atoms with E-state index < -0.39 is 4.92 Å². The Morgan fingerprint density at radius 1 is 1.11 bits per heavy atom. The van der Waals surface area contributed by atoms with Gasteiger partial charge in [0.05, 0.1) is 16.3 Å². The van der Waals surface area contributed by atoms with Crippen LogP contribution in [0.5, 0.6) is 0 Å². The highest BCUT2D eigenvalue weighted by Crippen LogP contribution is 2.65. The molecule has 4 aliphatic carbocycles. The largest absolute Gasteiger partial charge is 0.408 e. The Kier molecular flexibility index (Phi) is 6.10. The van der Waals surface area contributed by atoms with Gasteiger partial charge in [0.2, 0.25) is 5.91 Å². The van der Waals surface area contributed by atoms with Crippen molar-refractivity contribution < 1.29 is 9.72 Å². The summed E-state index contributed by atoms with van der Waals surface area (Å²) in [7, 11) is 0. The van der Waals surface area contributed by atoms with E-state index in [0.29, 0.717) is 24.0 Å². The minimum Gasteiger partial charge on any atom is -0.358 e. The molecule has 0 spiro atoms. The number of rotatable bonds is 6. The molecule has 1 aromatic carbocycles. The molecule has 2 heterocycles. The van der Waals surface area contributed by atoms with Crippen molar-refractivity contribution >= 4 is 23.3 Å². The van der Waals surface area contributed by atoms with Gasteiger partial charge in [0.15, 0.2) is 5.02 Å². The van der Waals surface area contributed by atoms with E-state index in [1.807, 2.05) is 11.6 Å². The van der Waals surface area contributed by atoms with E-state index in [0.717, 1.165) is 64.8 Å². The van der Waals surface area contributed by atoms with E-state index in [1.54, 1.807) is 0 Å². The van der Waals surface area contributed by atoms with Gasteiger partial charge in [-0.25, -0.2) is 0 Å². The maximum absolute atomic E-state index is 13.6. The number of hydrogen-bond donors (Lipinski definition) is 0. The molecule has 2 aromatic rings. The van der Waals surface area contributed by atoms with Crippen LogP contribution in [0.4, 0.5) is 5.82 Å². The van der Waals surface area contributed by atoms with Gasteiger partial charge in [0, 0.05) is 39.1 Å². The second-order valence-electron chi connectivity index (χ2n) is 12.3. The maximum atomic E-state index is 13.6. The van der Waals surface area contributed by atoms with Gasteiger partial charge >= 0.3 is 5.82 Å². The van der Waals surface area contributed by atoms with Crippen LogP contribution in [-0.2, 0) is 16.9 Å². The zero-order chi connectivity index (χ0) is 25.9. The first-order valence-corrected chi connectivity index (χ1v) is 14.0. The lowest BCUT2D eigenvalue weighted by molar-refractivity contribution is -0.389. The van der Waals surface area contributed by atoms with Gasteiger partial charge in [-0.3, -0.25) is 9.69 Å². The van der Waals surface area contributed by atoms with Crippen LogP contribution >= 0.6 is 11.6 Å². The molecule has 198 valence electrons. The standard InChI is InChI=1S/C28H36ClN5O3/c1-19-5-3-4-6-23(19)17-31-7-9-32(10-8-31)24(35)16-27-12-21-11-22(13-27)15-28(14-21,18-27)33-20(2)25(29)26(30-33)34(36)37/h3-6,21-22H,7-18H2,1-2H3. The number of carbonyl (C=O) groups excluding carboxylic acids is 1. The van der Waals surface area contributed by atoms with E-state index in [-0.39, 0.29) is 27.7 Å². The summed E-state index contributed by atoms with van der Waals surface area (Å²) in [4.78, 5) is 29.2. The van der Waals surface area contributed by atoms with E-state index in [4.69, 9.17) is 11.6 Å². The fourth-order valence-corrected chi connectivity index (χ4v) is 8.71. The average molecular weight is 526 g/mol. The van der Waals surface area contributed by atoms with Crippen LogP contribution in [0.1, 0.15) is 61.8 Å². The summed E-state index contributed by atoms with van der Waals surface area (Å²) < 4.78 is 1.88. The van der Waals surface area contributed by atoms with Crippen molar-refractivity contribution in [3.05, 3.63) is 56.2 Å². The highest BCUT2D eigenvalue weighted by atomic mass is 35.5. The molecule has 2 unspecified atom stereocenters. The minimum absolute atomic E-state index is 0.0426. The third kappa shape index (κ3) is 4.36. The molecule has 4 saturated carbocycles. The third-order valence-corrected chi connectivity index (χ3v) is 10.1. The summed E-state index contributed by atoms with van der Waals surface area (Å²) in [5.74, 6) is 1.11. The number of aromatic nitrogens is 2. The molecule has 8 nitrogen and oxygen atoms in total. The topological polar surface area (TPSA) is 84.5 Å². The molecule has 1 saturated heterocycles. The molecule has 0 radical (unpaired) electrons. The summed E-state index contributed by atoms with van der Waals surface area (Å²) in [6.07, 6.45) is 6.77. The Balaban J connectivity index is 1.15. The molecule has 4 bridgehead atoms. The number of carbonyl (C=O) groups is 1. The molecule has 9 heteroatoms. The highest BCUT2D eigenvalue weighted by Gasteiger charge is 2.61. The lowest BCUT2D eigenvalue weighted by Gasteiger charge is -2.61. The predicted octanol–water partition coefficient (Wildman–Crippen LogP) is 5.09. The van der Waals surface area contributed by atoms with Gasteiger partial charge in [0.25, 0.3) is 0 Å². The Labute approximate surface area is 223 Å². The fraction of sp³-hybridized carbons (Fsp3) is 0.643. The van der Waals surface area contributed by atoms with Crippen LogP contribution in [0.25, 0.3) is 0 Å². The van der Waals surface area contributed by atoms with Crippen LogP contribution in [0.3, 0.4) is 0 Å². The second kappa shape index (κ2) is 9.09. The second-order valence-corrected chi connectivity index (χ2v) is 12.7. The predicted molar refractivity (Wildman–Crippen MR) is 141 cm³/mol. The van der Waals surface area contributed by atoms with E-state index in [1.165, 1.54) is 17.5 Å². The first kappa shape index (κ1) is 24.9. The summed E-state index contributed by atoms with van der Waals surface area (Å²) in [5, 5.41) is 16.1. The molecule has 7 rings (SSSR count). The van der Waals surface area contributed by atoms with E-state index in [9.17, 15) is 14.9 Å². The molecule has 2 atom stereocenters. The first-order valence-electron chi connectivity index (χ1n) is 13.6. The van der Waals surface area contributed by atoms with Crippen molar-refractivity contribution in [2.24, 2.45) is 17.3 Å². The number of piperazine rings is 1. The number of nitro groups is 1. The summed E-state index contributed by atoms with van der Waals surface area (Å²) in [6.45, 7) is 8.29.